The Bertz CT molecular complexity index is 1240. The molecule has 0 spiro atoms. The van der Waals surface area contributed by atoms with Crippen LogP contribution in [-0.4, -0.2) is 58.1 Å². The molecule has 0 radical (unpaired) electrons. The van der Waals surface area contributed by atoms with Gasteiger partial charge in [-0.25, -0.2) is 15.0 Å². The Morgan fingerprint density at radius 3 is 2.54 bits per heavy atom. The molecule has 9 heteroatoms. The number of likely N-dealkylation sites (tertiary alicyclic amines) is 1. The summed E-state index contributed by atoms with van der Waals surface area (Å²) in [5.41, 5.74) is 1.59. The number of rotatable bonds is 8. The lowest BCUT2D eigenvalue weighted by Crippen LogP contribution is -2.44. The Kier molecular flexibility index (Phi) is 7.58. The summed E-state index contributed by atoms with van der Waals surface area (Å²) >= 11 is 0. The number of fused-ring (bicyclic) bond motifs is 1. The van der Waals surface area contributed by atoms with Crippen molar-refractivity contribution in [3.63, 3.8) is 0 Å². The number of nitrogens with one attached hydrogen (secondary N) is 2. The smallest absolute Gasteiger partial charge is 0.225 e. The Morgan fingerprint density at radius 1 is 1.03 bits per heavy atom. The van der Waals surface area contributed by atoms with Crippen LogP contribution in [0.1, 0.15) is 52.4 Å². The molecule has 1 aliphatic heterocycles. The van der Waals surface area contributed by atoms with E-state index in [0.717, 1.165) is 61.2 Å². The minimum atomic E-state index is 0.0607. The molecule has 0 atom stereocenters. The quantitative estimate of drug-likeness (QED) is 0.434. The highest BCUT2D eigenvalue weighted by Gasteiger charge is 2.30. The van der Waals surface area contributed by atoms with E-state index in [1.54, 1.807) is 13.3 Å². The van der Waals surface area contributed by atoms with E-state index in [1.165, 1.54) is 19.2 Å². The van der Waals surface area contributed by atoms with Crippen LogP contribution in [0.25, 0.3) is 10.9 Å². The molecule has 1 aliphatic carbocycles. The fourth-order valence-electron chi connectivity index (χ4n) is 5.22. The maximum absolute atomic E-state index is 12.7. The number of nitrogens with zero attached hydrogens (tertiary/aromatic N) is 4. The monoisotopic (exact) mass is 504 g/mol. The van der Waals surface area contributed by atoms with Crippen molar-refractivity contribution in [2.45, 2.75) is 64.5 Å². The molecule has 196 valence electrons. The molecule has 37 heavy (non-hydrogen) atoms. The van der Waals surface area contributed by atoms with E-state index in [9.17, 15) is 4.79 Å². The molecule has 0 unspecified atom stereocenters. The second-order valence-corrected chi connectivity index (χ2v) is 10.2. The molecule has 1 amide bonds. The summed E-state index contributed by atoms with van der Waals surface area (Å²) in [4.78, 5) is 28.0. The van der Waals surface area contributed by atoms with E-state index in [-0.39, 0.29) is 18.1 Å². The van der Waals surface area contributed by atoms with Crippen molar-refractivity contribution >= 4 is 34.1 Å². The maximum Gasteiger partial charge on any atom is 0.225 e. The van der Waals surface area contributed by atoms with Crippen LogP contribution in [0.3, 0.4) is 0 Å². The molecule has 1 saturated heterocycles. The van der Waals surface area contributed by atoms with Gasteiger partial charge in [-0.1, -0.05) is 12.8 Å². The molecule has 1 saturated carbocycles. The molecule has 2 N–H and O–H groups in total. The van der Waals surface area contributed by atoms with Crippen LogP contribution >= 0.6 is 0 Å². The minimum absolute atomic E-state index is 0.0607. The zero-order valence-electron chi connectivity index (χ0n) is 21.9. The highest BCUT2D eigenvalue weighted by molar-refractivity contribution is 5.91. The average molecular weight is 505 g/mol. The first-order valence-electron chi connectivity index (χ1n) is 13.3. The Morgan fingerprint density at radius 2 is 1.81 bits per heavy atom. The number of piperidine rings is 1. The zero-order chi connectivity index (χ0) is 25.8. The molecular formula is C28H36N6O3. The normalized spacial score (nSPS) is 16.8. The van der Waals surface area contributed by atoms with Gasteiger partial charge in [0.25, 0.3) is 0 Å². The summed E-state index contributed by atoms with van der Waals surface area (Å²) in [5.74, 6) is 3.39. The average Bonchev–Trinajstić information content (AvgIpc) is 3.45. The van der Waals surface area contributed by atoms with Crippen molar-refractivity contribution < 1.29 is 14.3 Å². The number of hydrogen-bond donors (Lipinski definition) is 2. The lowest BCUT2D eigenvalue weighted by atomic mass is 10.0. The molecule has 2 aromatic heterocycles. The number of methoxy groups -OCH3 is 1. The summed E-state index contributed by atoms with van der Waals surface area (Å²) in [6.07, 6.45) is 9.45. The summed E-state index contributed by atoms with van der Waals surface area (Å²) in [6, 6.07) is 8.02. The van der Waals surface area contributed by atoms with E-state index < -0.39 is 0 Å². The highest BCUT2D eigenvalue weighted by atomic mass is 16.5. The van der Waals surface area contributed by atoms with E-state index in [2.05, 4.69) is 39.4 Å². The molecule has 3 heterocycles. The minimum Gasteiger partial charge on any atom is -0.493 e. The molecule has 1 aromatic carbocycles. The van der Waals surface area contributed by atoms with Crippen LogP contribution in [0.2, 0.25) is 0 Å². The Balaban J connectivity index is 1.25. The Labute approximate surface area is 218 Å². The number of amides is 1. The number of benzene rings is 1. The molecule has 0 bridgehead atoms. The molecule has 9 nitrogen and oxygen atoms in total. The predicted octanol–water partition coefficient (Wildman–Crippen LogP) is 5.16. The fraction of sp³-hybridized carbons (Fsp3) is 0.500. The third-order valence-electron chi connectivity index (χ3n) is 7.14. The van der Waals surface area contributed by atoms with Gasteiger partial charge in [-0.05, 0) is 44.9 Å². The first-order chi connectivity index (χ1) is 18.0. The van der Waals surface area contributed by atoms with Gasteiger partial charge in [0, 0.05) is 55.0 Å². The van der Waals surface area contributed by atoms with Gasteiger partial charge in [0.1, 0.15) is 24.1 Å². The standard InChI is InChI=1S/C28H36N6O3/c1-18(2)32-26-15-22-23(16-29-26)30-17-31-27(22)33-20-8-9-24(25(14-20)36-3)37-21-10-12-34(13-11-21)28(35)19-6-4-5-7-19/h8-9,14-19,21H,4-7,10-13H2,1-3H3,(H,29,32)(H,30,31,33). The van der Waals surface area contributed by atoms with Crippen LogP contribution in [0.5, 0.6) is 11.5 Å². The van der Waals surface area contributed by atoms with Crippen LogP contribution in [0, 0.1) is 5.92 Å². The van der Waals surface area contributed by atoms with Crippen molar-refractivity contribution in [1.82, 2.24) is 19.9 Å². The highest BCUT2D eigenvalue weighted by Crippen LogP contribution is 2.35. The topological polar surface area (TPSA) is 102 Å². The molecule has 5 rings (SSSR count). The van der Waals surface area contributed by atoms with Gasteiger partial charge in [-0.15, -0.1) is 0 Å². The van der Waals surface area contributed by atoms with E-state index >= 15 is 0 Å². The lowest BCUT2D eigenvalue weighted by molar-refractivity contribution is -0.137. The number of anilines is 3. The van der Waals surface area contributed by atoms with Crippen molar-refractivity contribution in [1.29, 1.82) is 0 Å². The van der Waals surface area contributed by atoms with Crippen LogP contribution < -0.4 is 20.1 Å². The van der Waals surface area contributed by atoms with E-state index in [0.29, 0.717) is 23.2 Å². The van der Waals surface area contributed by atoms with Crippen LogP contribution in [-0.2, 0) is 4.79 Å². The number of carbonyl (C=O) groups is 1. The molecule has 3 aromatic rings. The van der Waals surface area contributed by atoms with Crippen molar-refractivity contribution in [2.75, 3.05) is 30.8 Å². The summed E-state index contributed by atoms with van der Waals surface area (Å²) < 4.78 is 12.0. The second kappa shape index (κ2) is 11.2. The summed E-state index contributed by atoms with van der Waals surface area (Å²) in [6.45, 7) is 5.65. The van der Waals surface area contributed by atoms with Crippen LogP contribution in [0.15, 0.2) is 36.8 Å². The van der Waals surface area contributed by atoms with Crippen LogP contribution in [0.4, 0.5) is 17.3 Å². The van der Waals surface area contributed by atoms with Gasteiger partial charge in [0.2, 0.25) is 5.91 Å². The van der Waals surface area contributed by atoms with Crippen molar-refractivity contribution in [3.05, 3.63) is 36.8 Å². The van der Waals surface area contributed by atoms with E-state index in [1.807, 2.05) is 29.2 Å². The first kappa shape index (κ1) is 25.0. The maximum atomic E-state index is 12.7. The van der Waals surface area contributed by atoms with Crippen molar-refractivity contribution in [2.24, 2.45) is 5.92 Å². The lowest BCUT2D eigenvalue weighted by Gasteiger charge is -2.34. The summed E-state index contributed by atoms with van der Waals surface area (Å²) in [7, 11) is 1.64. The second-order valence-electron chi connectivity index (χ2n) is 10.2. The predicted molar refractivity (Wildman–Crippen MR) is 145 cm³/mol. The number of aromatic nitrogens is 3. The molecule has 2 aliphatic rings. The van der Waals surface area contributed by atoms with Gasteiger partial charge in [-0.2, -0.15) is 0 Å². The zero-order valence-corrected chi connectivity index (χ0v) is 21.9. The number of hydrogen-bond acceptors (Lipinski definition) is 8. The largest absolute Gasteiger partial charge is 0.493 e. The number of ether oxygens (including phenoxy) is 2. The number of carbonyl (C=O) groups excluding carboxylic acids is 1. The SMILES string of the molecule is COc1cc(Nc2ncnc3cnc(NC(C)C)cc23)ccc1OC1CCN(C(=O)C2CCCC2)CC1. The van der Waals surface area contributed by atoms with Gasteiger partial charge in [0.05, 0.1) is 18.8 Å². The fourth-order valence-corrected chi connectivity index (χ4v) is 5.22. The molecule has 2 fully saturated rings. The van der Waals surface area contributed by atoms with Gasteiger partial charge < -0.3 is 25.0 Å². The Hall–Kier alpha value is -3.62. The van der Waals surface area contributed by atoms with E-state index in [4.69, 9.17) is 9.47 Å². The molecular weight excluding hydrogens is 468 g/mol. The third kappa shape index (κ3) is 5.87. The van der Waals surface area contributed by atoms with Gasteiger partial charge in [-0.3, -0.25) is 4.79 Å². The van der Waals surface area contributed by atoms with Gasteiger partial charge in [0.15, 0.2) is 11.5 Å². The van der Waals surface area contributed by atoms with Gasteiger partial charge >= 0.3 is 0 Å². The number of pyridine rings is 1. The third-order valence-corrected chi connectivity index (χ3v) is 7.14. The van der Waals surface area contributed by atoms with Crippen molar-refractivity contribution in [3.8, 4) is 11.5 Å². The first-order valence-corrected chi connectivity index (χ1v) is 13.3. The summed E-state index contributed by atoms with van der Waals surface area (Å²) in [5, 5.41) is 7.59.